The van der Waals surface area contributed by atoms with E-state index in [1.807, 2.05) is 0 Å². The molecule has 0 bridgehead atoms. The van der Waals surface area contributed by atoms with Crippen LogP contribution in [-0.4, -0.2) is 19.0 Å². The van der Waals surface area contributed by atoms with E-state index < -0.39 is 0 Å². The lowest BCUT2D eigenvalue weighted by Gasteiger charge is -2.42. The summed E-state index contributed by atoms with van der Waals surface area (Å²) in [4.78, 5) is 11.2. The van der Waals surface area contributed by atoms with Crippen LogP contribution in [0.1, 0.15) is 25.7 Å². The minimum Gasteiger partial charge on any atom is -0.381 e. The van der Waals surface area contributed by atoms with Crippen LogP contribution in [0.5, 0.6) is 0 Å². The van der Waals surface area contributed by atoms with Crippen molar-refractivity contribution in [1.82, 2.24) is 0 Å². The molecule has 1 saturated heterocycles. The molecule has 0 amide bonds. The van der Waals surface area contributed by atoms with Crippen molar-refractivity contribution in [3.8, 4) is 0 Å². The van der Waals surface area contributed by atoms with Gasteiger partial charge in [0.1, 0.15) is 5.78 Å². The van der Waals surface area contributed by atoms with Crippen LogP contribution in [0.2, 0.25) is 0 Å². The Kier molecular flexibility index (Phi) is 1.31. The van der Waals surface area contributed by atoms with Crippen LogP contribution in [0, 0.1) is 5.41 Å². The number of ether oxygens (including phenoxy) is 1. The van der Waals surface area contributed by atoms with E-state index in [4.69, 9.17) is 4.74 Å². The summed E-state index contributed by atoms with van der Waals surface area (Å²) in [7, 11) is 0. The Hall–Kier alpha value is -0.370. The monoisotopic (exact) mass is 140 g/mol. The number of carbonyl (C=O) groups excluding carboxylic acids is 1. The Bertz CT molecular complexity index is 157. The maximum absolute atomic E-state index is 11.2. The zero-order chi connectivity index (χ0) is 7.03. The van der Waals surface area contributed by atoms with Gasteiger partial charge in [-0.25, -0.2) is 0 Å². The average molecular weight is 140 g/mol. The van der Waals surface area contributed by atoms with E-state index in [1.165, 1.54) is 0 Å². The standard InChI is InChI=1S/C8H12O2/c9-7-1-2-8(7)3-5-10-6-4-8/h1-6H2. The molecule has 0 radical (unpaired) electrons. The molecular weight excluding hydrogens is 128 g/mol. The van der Waals surface area contributed by atoms with Crippen molar-refractivity contribution < 1.29 is 9.53 Å². The van der Waals surface area contributed by atoms with Crippen molar-refractivity contribution >= 4 is 5.78 Å². The van der Waals surface area contributed by atoms with Gasteiger partial charge in [-0.1, -0.05) is 0 Å². The Morgan fingerprint density at radius 1 is 1.20 bits per heavy atom. The Morgan fingerprint density at radius 3 is 2.20 bits per heavy atom. The molecule has 2 heteroatoms. The van der Waals surface area contributed by atoms with Crippen molar-refractivity contribution in [2.75, 3.05) is 13.2 Å². The second kappa shape index (κ2) is 2.06. The van der Waals surface area contributed by atoms with Crippen LogP contribution in [0.4, 0.5) is 0 Å². The summed E-state index contributed by atoms with van der Waals surface area (Å²) >= 11 is 0. The summed E-state index contributed by atoms with van der Waals surface area (Å²) in [5.74, 6) is 0.482. The van der Waals surface area contributed by atoms with Gasteiger partial charge in [0.25, 0.3) is 0 Å². The van der Waals surface area contributed by atoms with Gasteiger partial charge < -0.3 is 4.74 Å². The molecular formula is C8H12O2. The molecule has 2 aliphatic rings. The fraction of sp³-hybridized carbons (Fsp3) is 0.875. The maximum Gasteiger partial charge on any atom is 0.139 e. The summed E-state index contributed by atoms with van der Waals surface area (Å²) < 4.78 is 5.20. The first-order chi connectivity index (χ1) is 4.83. The van der Waals surface area contributed by atoms with Crippen LogP contribution in [0.3, 0.4) is 0 Å². The quantitative estimate of drug-likeness (QED) is 0.504. The third-order valence-electron chi connectivity index (χ3n) is 2.87. The number of hydrogen-bond acceptors (Lipinski definition) is 2. The Balaban J connectivity index is 2.06. The second-order valence-electron chi connectivity index (χ2n) is 3.32. The fourth-order valence-corrected chi connectivity index (χ4v) is 1.87. The molecule has 0 atom stereocenters. The smallest absolute Gasteiger partial charge is 0.139 e. The van der Waals surface area contributed by atoms with E-state index in [-0.39, 0.29) is 5.41 Å². The molecule has 0 aromatic rings. The van der Waals surface area contributed by atoms with Gasteiger partial charge >= 0.3 is 0 Å². The molecule has 10 heavy (non-hydrogen) atoms. The first-order valence-electron chi connectivity index (χ1n) is 3.95. The summed E-state index contributed by atoms with van der Waals surface area (Å²) in [5.41, 5.74) is 0.0955. The lowest BCUT2D eigenvalue weighted by atomic mass is 9.63. The molecule has 56 valence electrons. The fourth-order valence-electron chi connectivity index (χ4n) is 1.87. The van der Waals surface area contributed by atoms with Crippen molar-refractivity contribution in [1.29, 1.82) is 0 Å². The summed E-state index contributed by atoms with van der Waals surface area (Å²) in [6.07, 6.45) is 3.90. The van der Waals surface area contributed by atoms with Crippen molar-refractivity contribution in [2.45, 2.75) is 25.7 Å². The highest BCUT2D eigenvalue weighted by Crippen LogP contribution is 2.45. The zero-order valence-corrected chi connectivity index (χ0v) is 6.06. The molecule has 2 fully saturated rings. The average Bonchev–Trinajstić information content (AvgIpc) is 2.04. The van der Waals surface area contributed by atoms with Gasteiger partial charge in [0.05, 0.1) is 0 Å². The molecule has 1 aliphatic heterocycles. The number of rotatable bonds is 0. The van der Waals surface area contributed by atoms with Crippen LogP contribution < -0.4 is 0 Å². The van der Waals surface area contributed by atoms with Gasteiger partial charge in [-0.05, 0) is 19.3 Å². The van der Waals surface area contributed by atoms with Gasteiger partial charge in [0.2, 0.25) is 0 Å². The van der Waals surface area contributed by atoms with Crippen LogP contribution in [0.15, 0.2) is 0 Å². The van der Waals surface area contributed by atoms with E-state index in [2.05, 4.69) is 0 Å². The highest BCUT2D eigenvalue weighted by molar-refractivity contribution is 5.90. The highest BCUT2D eigenvalue weighted by Gasteiger charge is 2.46. The van der Waals surface area contributed by atoms with E-state index >= 15 is 0 Å². The third kappa shape index (κ3) is 0.717. The van der Waals surface area contributed by atoms with Crippen LogP contribution in [-0.2, 0) is 9.53 Å². The Morgan fingerprint density at radius 2 is 1.90 bits per heavy atom. The second-order valence-corrected chi connectivity index (χ2v) is 3.32. The van der Waals surface area contributed by atoms with Gasteiger partial charge in [-0.3, -0.25) is 4.79 Å². The van der Waals surface area contributed by atoms with Gasteiger partial charge in [0, 0.05) is 25.0 Å². The van der Waals surface area contributed by atoms with E-state index in [0.717, 1.165) is 38.9 Å². The molecule has 0 aromatic carbocycles. The largest absolute Gasteiger partial charge is 0.381 e. The third-order valence-corrected chi connectivity index (χ3v) is 2.87. The first kappa shape index (κ1) is 6.35. The molecule has 2 nitrogen and oxygen atoms in total. The number of Topliss-reactive ketones (excluding diaryl/α,β-unsaturated/α-hetero) is 1. The molecule has 1 heterocycles. The topological polar surface area (TPSA) is 26.3 Å². The van der Waals surface area contributed by atoms with Gasteiger partial charge in [0.15, 0.2) is 0 Å². The first-order valence-corrected chi connectivity index (χ1v) is 3.95. The van der Waals surface area contributed by atoms with E-state index in [0.29, 0.717) is 5.78 Å². The number of hydrogen-bond donors (Lipinski definition) is 0. The number of carbonyl (C=O) groups is 1. The van der Waals surface area contributed by atoms with Crippen molar-refractivity contribution in [2.24, 2.45) is 5.41 Å². The Labute approximate surface area is 60.6 Å². The normalized spacial score (nSPS) is 30.2. The van der Waals surface area contributed by atoms with Crippen molar-refractivity contribution in [3.05, 3.63) is 0 Å². The lowest BCUT2D eigenvalue weighted by molar-refractivity contribution is -0.145. The molecule has 2 rings (SSSR count). The van der Waals surface area contributed by atoms with Crippen LogP contribution >= 0.6 is 0 Å². The summed E-state index contributed by atoms with van der Waals surface area (Å²) in [6, 6.07) is 0. The predicted octanol–water partition coefficient (Wildman–Crippen LogP) is 1.15. The predicted molar refractivity (Wildman–Crippen MR) is 36.7 cm³/mol. The molecule has 1 aliphatic carbocycles. The molecule has 0 unspecified atom stereocenters. The molecule has 1 saturated carbocycles. The molecule has 0 aromatic heterocycles. The summed E-state index contributed by atoms with van der Waals surface area (Å²) in [6.45, 7) is 1.59. The van der Waals surface area contributed by atoms with Crippen molar-refractivity contribution in [3.63, 3.8) is 0 Å². The highest BCUT2D eigenvalue weighted by atomic mass is 16.5. The van der Waals surface area contributed by atoms with Gasteiger partial charge in [-0.15, -0.1) is 0 Å². The van der Waals surface area contributed by atoms with E-state index in [1.54, 1.807) is 0 Å². The summed E-state index contributed by atoms with van der Waals surface area (Å²) in [5, 5.41) is 0. The minimum absolute atomic E-state index is 0.0955. The minimum atomic E-state index is 0.0955. The maximum atomic E-state index is 11.2. The van der Waals surface area contributed by atoms with E-state index in [9.17, 15) is 4.79 Å². The van der Waals surface area contributed by atoms with Crippen LogP contribution in [0.25, 0.3) is 0 Å². The van der Waals surface area contributed by atoms with Gasteiger partial charge in [-0.2, -0.15) is 0 Å². The number of ketones is 1. The zero-order valence-electron chi connectivity index (χ0n) is 6.06. The molecule has 1 spiro atoms. The lowest BCUT2D eigenvalue weighted by Crippen LogP contribution is -2.44. The SMILES string of the molecule is O=C1CCC12CCOCC2. The molecule has 0 N–H and O–H groups in total.